The van der Waals surface area contributed by atoms with E-state index in [4.69, 9.17) is 5.73 Å². The molecule has 1 aromatic heterocycles. The number of amides is 1. The van der Waals surface area contributed by atoms with Crippen LogP contribution in [0.15, 0.2) is 71.5 Å². The third-order valence-corrected chi connectivity index (χ3v) is 5.21. The predicted octanol–water partition coefficient (Wildman–Crippen LogP) is 2.55. The highest BCUT2D eigenvalue weighted by atomic mass is 16.2. The number of nitrogens with zero attached hydrogens (tertiary/aromatic N) is 1. The maximum Gasteiger partial charge on any atom is 0.252 e. The van der Waals surface area contributed by atoms with Crippen LogP contribution in [-0.4, -0.2) is 21.9 Å². The van der Waals surface area contributed by atoms with Crippen molar-refractivity contribution < 1.29 is 4.79 Å². The van der Waals surface area contributed by atoms with Gasteiger partial charge in [0.2, 0.25) is 11.9 Å². The van der Waals surface area contributed by atoms with E-state index in [0.717, 1.165) is 24.0 Å². The van der Waals surface area contributed by atoms with Crippen LogP contribution in [0.3, 0.4) is 0 Å². The van der Waals surface area contributed by atoms with Gasteiger partial charge in [-0.05, 0) is 24.0 Å². The van der Waals surface area contributed by atoms with Crippen LogP contribution in [0.25, 0.3) is 0 Å². The topological polar surface area (TPSA) is 101 Å². The van der Waals surface area contributed by atoms with E-state index in [1.54, 1.807) is 0 Å². The predicted molar refractivity (Wildman–Crippen MR) is 108 cm³/mol. The lowest BCUT2D eigenvalue weighted by Crippen LogP contribution is -2.45. The summed E-state index contributed by atoms with van der Waals surface area (Å²) >= 11 is 0. The highest BCUT2D eigenvalue weighted by Gasteiger charge is 2.34. The molecule has 1 aliphatic carbocycles. The van der Waals surface area contributed by atoms with Gasteiger partial charge in [-0.25, -0.2) is 4.98 Å². The first kappa shape index (κ1) is 18.0. The number of H-pyrrole nitrogens is 1. The van der Waals surface area contributed by atoms with Crippen LogP contribution in [0, 0.1) is 0 Å². The maximum absolute atomic E-state index is 13.1. The number of aromatic amines is 1. The van der Waals surface area contributed by atoms with Gasteiger partial charge >= 0.3 is 0 Å². The number of nitrogens with two attached hydrogens (primary N) is 1. The van der Waals surface area contributed by atoms with Gasteiger partial charge < -0.3 is 11.1 Å². The number of rotatable bonds is 5. The highest BCUT2D eigenvalue weighted by Crippen LogP contribution is 2.36. The molecule has 6 nitrogen and oxygen atoms in total. The molecule has 6 heteroatoms. The Kier molecular flexibility index (Phi) is 4.93. The van der Waals surface area contributed by atoms with Crippen LogP contribution in [-0.2, 0) is 4.79 Å². The van der Waals surface area contributed by atoms with Crippen LogP contribution in [0.2, 0.25) is 0 Å². The van der Waals surface area contributed by atoms with E-state index in [0.29, 0.717) is 5.69 Å². The molecule has 1 fully saturated rings. The lowest BCUT2D eigenvalue weighted by molar-refractivity contribution is -0.123. The molecule has 142 valence electrons. The smallest absolute Gasteiger partial charge is 0.252 e. The van der Waals surface area contributed by atoms with Crippen molar-refractivity contribution >= 4 is 11.9 Å². The Morgan fingerprint density at radius 2 is 1.61 bits per heavy atom. The Morgan fingerprint density at radius 1 is 1.04 bits per heavy atom. The van der Waals surface area contributed by atoms with E-state index in [9.17, 15) is 9.59 Å². The largest absolute Gasteiger partial charge is 0.369 e. The number of carbonyl (C=O) groups excluding carboxylic acids is 1. The van der Waals surface area contributed by atoms with E-state index in [1.165, 1.54) is 6.07 Å². The zero-order valence-electron chi connectivity index (χ0n) is 15.3. The van der Waals surface area contributed by atoms with Crippen molar-refractivity contribution in [3.8, 4) is 0 Å². The van der Waals surface area contributed by atoms with Crippen LogP contribution >= 0.6 is 0 Å². The number of hydrogen-bond acceptors (Lipinski definition) is 4. The minimum Gasteiger partial charge on any atom is -0.369 e. The molecule has 0 saturated heterocycles. The molecule has 1 saturated carbocycles. The number of benzene rings is 2. The maximum atomic E-state index is 13.1. The number of aromatic nitrogens is 2. The molecule has 0 unspecified atom stereocenters. The second-order valence-corrected chi connectivity index (χ2v) is 7.18. The van der Waals surface area contributed by atoms with Gasteiger partial charge in [0.25, 0.3) is 5.56 Å². The zero-order chi connectivity index (χ0) is 19.5. The van der Waals surface area contributed by atoms with Gasteiger partial charge in [-0.1, -0.05) is 60.7 Å². The fourth-order valence-electron chi connectivity index (χ4n) is 3.75. The van der Waals surface area contributed by atoms with Crippen molar-refractivity contribution in [2.24, 2.45) is 0 Å². The summed E-state index contributed by atoms with van der Waals surface area (Å²) in [5.41, 5.74) is 7.99. The van der Waals surface area contributed by atoms with Gasteiger partial charge in [0.15, 0.2) is 0 Å². The number of carbonyl (C=O) groups is 1. The molecule has 2 aromatic carbocycles. The zero-order valence-corrected chi connectivity index (χ0v) is 15.3. The van der Waals surface area contributed by atoms with E-state index >= 15 is 0 Å². The average molecular weight is 374 g/mol. The van der Waals surface area contributed by atoms with E-state index in [2.05, 4.69) is 15.3 Å². The highest BCUT2D eigenvalue weighted by molar-refractivity contribution is 5.87. The van der Waals surface area contributed by atoms with Crippen LogP contribution in [0.4, 0.5) is 5.95 Å². The fraction of sp³-hybridized carbons (Fsp3) is 0.227. The molecule has 0 spiro atoms. The van der Waals surface area contributed by atoms with Crippen LogP contribution in [0.1, 0.15) is 41.5 Å². The van der Waals surface area contributed by atoms with E-state index in [-0.39, 0.29) is 35.3 Å². The van der Waals surface area contributed by atoms with Crippen molar-refractivity contribution in [3.05, 3.63) is 93.9 Å². The second-order valence-electron chi connectivity index (χ2n) is 7.18. The van der Waals surface area contributed by atoms with Gasteiger partial charge in [-0.2, -0.15) is 0 Å². The Hall–Kier alpha value is -3.41. The number of nitrogens with one attached hydrogen (secondary N) is 2. The summed E-state index contributed by atoms with van der Waals surface area (Å²) in [6.45, 7) is 0. The molecular weight excluding hydrogens is 352 g/mol. The number of nitrogen functional groups attached to an aromatic ring is 1. The molecule has 4 rings (SSSR count). The number of anilines is 1. The Labute approximate surface area is 162 Å². The fourth-order valence-corrected chi connectivity index (χ4v) is 3.75. The Balaban J connectivity index is 1.47. The van der Waals surface area contributed by atoms with Gasteiger partial charge in [-0.3, -0.25) is 14.6 Å². The monoisotopic (exact) mass is 374 g/mol. The Morgan fingerprint density at radius 3 is 2.14 bits per heavy atom. The molecule has 0 atom stereocenters. The molecule has 3 aromatic rings. The first-order chi connectivity index (χ1) is 13.6. The van der Waals surface area contributed by atoms with E-state index < -0.39 is 0 Å². The molecular formula is C22H22N4O2. The van der Waals surface area contributed by atoms with Crippen molar-refractivity contribution in [1.29, 1.82) is 0 Å². The third kappa shape index (κ3) is 3.81. The molecule has 0 radical (unpaired) electrons. The third-order valence-electron chi connectivity index (χ3n) is 5.21. The summed E-state index contributed by atoms with van der Waals surface area (Å²) in [5.74, 6) is -0.0981. The van der Waals surface area contributed by atoms with Crippen molar-refractivity contribution in [2.75, 3.05) is 5.73 Å². The first-order valence-electron chi connectivity index (χ1n) is 9.37. The van der Waals surface area contributed by atoms with Crippen LogP contribution < -0.4 is 16.6 Å². The molecule has 0 bridgehead atoms. The minimum absolute atomic E-state index is 0.0146. The van der Waals surface area contributed by atoms with Crippen molar-refractivity contribution in [3.63, 3.8) is 0 Å². The summed E-state index contributed by atoms with van der Waals surface area (Å²) in [7, 11) is 0. The van der Waals surface area contributed by atoms with Gasteiger partial charge in [0.1, 0.15) is 0 Å². The summed E-state index contributed by atoms with van der Waals surface area (Å²) in [6, 6.07) is 21.1. The van der Waals surface area contributed by atoms with Crippen molar-refractivity contribution in [1.82, 2.24) is 15.3 Å². The minimum atomic E-state index is -0.352. The molecule has 1 amide bonds. The lowest BCUT2D eigenvalue weighted by atomic mass is 9.77. The summed E-state index contributed by atoms with van der Waals surface area (Å²) in [5, 5.41) is 3.16. The Bertz CT molecular complexity index is 972. The van der Waals surface area contributed by atoms with Crippen LogP contribution in [0.5, 0.6) is 0 Å². The van der Waals surface area contributed by atoms with Crippen molar-refractivity contribution in [2.45, 2.75) is 30.7 Å². The van der Waals surface area contributed by atoms with Gasteiger partial charge in [0, 0.05) is 18.0 Å². The molecule has 4 N–H and O–H groups in total. The lowest BCUT2D eigenvalue weighted by Gasteiger charge is -2.36. The van der Waals surface area contributed by atoms with E-state index in [1.807, 2.05) is 60.7 Å². The number of hydrogen-bond donors (Lipinski definition) is 3. The molecule has 1 aliphatic rings. The quantitative estimate of drug-likeness (QED) is 0.639. The summed E-state index contributed by atoms with van der Waals surface area (Å²) in [6.07, 6.45) is 1.50. The van der Waals surface area contributed by atoms with Gasteiger partial charge in [0.05, 0.1) is 11.6 Å². The summed E-state index contributed by atoms with van der Waals surface area (Å²) in [4.78, 5) is 31.3. The first-order valence-corrected chi connectivity index (χ1v) is 9.37. The summed E-state index contributed by atoms with van der Waals surface area (Å²) < 4.78 is 0. The standard InChI is InChI=1S/C22H22N4O2/c23-22-25-18(13-19(27)26-22)16-11-17(12-16)24-21(28)20(14-7-3-1-4-8-14)15-9-5-2-6-10-15/h1-10,13,16-17,20H,11-12H2,(H,24,28)(H3,23,25,26,27). The second kappa shape index (κ2) is 7.68. The molecule has 0 aliphatic heterocycles. The molecule has 1 heterocycles. The normalized spacial score (nSPS) is 18.5. The van der Waals surface area contributed by atoms with Gasteiger partial charge in [-0.15, -0.1) is 0 Å². The SMILES string of the molecule is Nc1nc(C2CC(NC(=O)C(c3ccccc3)c3ccccc3)C2)cc(=O)[nH]1. The average Bonchev–Trinajstić information content (AvgIpc) is 2.65. The molecule has 28 heavy (non-hydrogen) atoms.